The van der Waals surface area contributed by atoms with E-state index >= 15 is 4.79 Å². The summed E-state index contributed by atoms with van der Waals surface area (Å²) in [6.45, 7) is 0. The van der Waals surface area contributed by atoms with Crippen LogP contribution in [0.2, 0.25) is 10.0 Å². The summed E-state index contributed by atoms with van der Waals surface area (Å²) in [4.78, 5) is 70.8. The van der Waals surface area contributed by atoms with E-state index in [1.165, 1.54) is 26.4 Å². The van der Waals surface area contributed by atoms with Gasteiger partial charge < -0.3 is 19.3 Å². The number of methoxy groups -OCH3 is 3. The predicted molar refractivity (Wildman–Crippen MR) is 187 cm³/mol. The monoisotopic (exact) mass is 797 g/mol. The number of halogens is 3. The third-order valence-electron chi connectivity index (χ3n) is 10.5. The molecular weight excluding hydrogens is 769 g/mol. The molecule has 0 bridgehead atoms. The molecule has 1 saturated carbocycles. The molecule has 3 fully saturated rings. The minimum absolute atomic E-state index is 0.0490. The van der Waals surface area contributed by atoms with Gasteiger partial charge in [-0.3, -0.25) is 24.6 Å². The Hall–Kier alpha value is -4.59. The van der Waals surface area contributed by atoms with Crippen molar-refractivity contribution in [3.8, 4) is 17.2 Å². The van der Waals surface area contributed by atoms with Crippen LogP contribution in [0.1, 0.15) is 29.9 Å². The first-order valence-electron chi connectivity index (χ1n) is 15.9. The van der Waals surface area contributed by atoms with Crippen molar-refractivity contribution >= 4 is 74.5 Å². The maximum Gasteiger partial charge on any atom is 0.423 e. The minimum Gasteiger partial charge on any atom is -0.504 e. The number of allylic oxidation sites excluding steroid dienone is 2. The molecule has 4 aliphatic rings. The minimum atomic E-state index is -1.72. The van der Waals surface area contributed by atoms with E-state index in [4.69, 9.17) is 37.4 Å². The molecule has 0 radical (unpaired) electrons. The van der Waals surface area contributed by atoms with Gasteiger partial charge in [-0.15, -0.1) is 0 Å². The van der Waals surface area contributed by atoms with Crippen molar-refractivity contribution in [3.63, 3.8) is 0 Å². The summed E-state index contributed by atoms with van der Waals surface area (Å²) in [6.07, 6.45) is 0.704. The number of aromatic hydroxyl groups is 1. The molecule has 2 heterocycles. The molecule has 5 amide bonds. The number of carbonyl (C=O) groups excluding carboxylic acids is 5. The number of ether oxygens (including phenoxy) is 3. The fourth-order valence-corrected chi connectivity index (χ4v) is 9.33. The number of likely N-dealkylation sites (tertiary alicyclic amines) is 1. The molecule has 6 atom stereocenters. The van der Waals surface area contributed by atoms with E-state index in [-0.39, 0.29) is 40.6 Å². The molecule has 2 aliphatic carbocycles. The third kappa shape index (κ3) is 5.11. The van der Waals surface area contributed by atoms with Gasteiger partial charge in [0.05, 0.1) is 55.2 Å². The van der Waals surface area contributed by atoms with E-state index in [0.29, 0.717) is 31.3 Å². The van der Waals surface area contributed by atoms with E-state index < -0.39 is 64.7 Å². The summed E-state index contributed by atoms with van der Waals surface area (Å²) >= 11 is 16.1. The van der Waals surface area contributed by atoms with Gasteiger partial charge in [0.2, 0.25) is 11.8 Å². The molecule has 3 aromatic rings. The molecular formula is C36H30BrCl2N3O9. The summed E-state index contributed by atoms with van der Waals surface area (Å²) in [5.41, 5.74) is 2.66. The van der Waals surface area contributed by atoms with Gasteiger partial charge in [0.1, 0.15) is 5.75 Å². The zero-order valence-electron chi connectivity index (χ0n) is 27.3. The average Bonchev–Trinajstić information content (AvgIpc) is 3.50. The van der Waals surface area contributed by atoms with Crippen LogP contribution >= 0.6 is 39.1 Å². The molecule has 264 valence electrons. The Morgan fingerprint density at radius 3 is 2.31 bits per heavy atom. The maximum absolute atomic E-state index is 15.3. The van der Waals surface area contributed by atoms with Crippen LogP contribution in [0.3, 0.4) is 0 Å². The maximum atomic E-state index is 15.3. The van der Waals surface area contributed by atoms with Crippen molar-refractivity contribution in [1.82, 2.24) is 9.91 Å². The van der Waals surface area contributed by atoms with Crippen molar-refractivity contribution in [2.75, 3.05) is 26.8 Å². The smallest absolute Gasteiger partial charge is 0.423 e. The normalized spacial score (nSPS) is 26.7. The highest BCUT2D eigenvalue weighted by Gasteiger charge is 2.71. The summed E-state index contributed by atoms with van der Waals surface area (Å²) < 4.78 is 16.2. The number of carbonyl (C=O) groups is 5. The highest BCUT2D eigenvalue weighted by Crippen LogP contribution is 2.65. The Balaban J connectivity index is 1.50. The quantitative estimate of drug-likeness (QED) is 0.217. The van der Waals surface area contributed by atoms with E-state index in [2.05, 4.69) is 21.4 Å². The van der Waals surface area contributed by atoms with Crippen LogP contribution in [0.15, 0.2) is 70.7 Å². The Morgan fingerprint density at radius 1 is 0.941 bits per heavy atom. The van der Waals surface area contributed by atoms with E-state index in [0.717, 1.165) is 12.1 Å². The van der Waals surface area contributed by atoms with Crippen LogP contribution < -0.4 is 14.9 Å². The Bertz CT molecular complexity index is 2060. The summed E-state index contributed by atoms with van der Waals surface area (Å²) in [7, 11) is 3.97. The van der Waals surface area contributed by atoms with Crippen molar-refractivity contribution in [2.24, 2.45) is 23.7 Å². The molecule has 6 unspecified atom stereocenters. The number of phenols is 1. The van der Waals surface area contributed by atoms with Crippen molar-refractivity contribution in [1.29, 1.82) is 0 Å². The van der Waals surface area contributed by atoms with Crippen molar-refractivity contribution < 1.29 is 43.3 Å². The second kappa shape index (κ2) is 12.9. The van der Waals surface area contributed by atoms with Crippen LogP contribution in [0.25, 0.3) is 0 Å². The molecule has 7 rings (SSSR count). The zero-order valence-corrected chi connectivity index (χ0v) is 30.4. The highest BCUT2D eigenvalue weighted by atomic mass is 79.9. The van der Waals surface area contributed by atoms with Gasteiger partial charge in [-0.25, -0.2) is 4.79 Å². The summed E-state index contributed by atoms with van der Waals surface area (Å²) in [6, 6.07) is 14.5. The van der Waals surface area contributed by atoms with Crippen molar-refractivity contribution in [2.45, 2.75) is 24.2 Å². The lowest BCUT2D eigenvalue weighted by Gasteiger charge is -2.50. The molecule has 0 aromatic heterocycles. The number of phenolic OH excluding ortho intramolecular Hbond substituents is 1. The number of nitrogens with zero attached hydrogens (tertiary/aromatic N) is 2. The number of benzene rings is 3. The summed E-state index contributed by atoms with van der Waals surface area (Å²) in [5.74, 6) is -7.38. The fraction of sp³-hybridized carbons (Fsp3) is 0.306. The molecule has 3 aromatic carbocycles. The fourth-order valence-electron chi connectivity index (χ4n) is 8.43. The highest BCUT2D eigenvalue weighted by molar-refractivity contribution is 9.10. The van der Waals surface area contributed by atoms with Gasteiger partial charge in [0.15, 0.2) is 11.5 Å². The zero-order chi connectivity index (χ0) is 36.5. The average molecular weight is 799 g/mol. The molecule has 2 N–H and O–H groups in total. The first-order chi connectivity index (χ1) is 24.4. The molecule has 2 saturated heterocycles. The number of hydrogen-bond acceptors (Lipinski definition) is 10. The van der Waals surface area contributed by atoms with Crippen LogP contribution in [0, 0.1) is 23.7 Å². The van der Waals surface area contributed by atoms with Gasteiger partial charge in [0, 0.05) is 21.0 Å². The number of hydrogen-bond donors (Lipinski definition) is 2. The van der Waals surface area contributed by atoms with Gasteiger partial charge in [-0.05, 0) is 66.8 Å². The number of rotatable bonds is 6. The Kier molecular flexibility index (Phi) is 8.79. The van der Waals surface area contributed by atoms with Gasteiger partial charge in [0.25, 0.3) is 11.8 Å². The van der Waals surface area contributed by atoms with Gasteiger partial charge >= 0.3 is 6.09 Å². The predicted octanol–water partition coefficient (Wildman–Crippen LogP) is 6.23. The molecule has 12 nitrogen and oxygen atoms in total. The number of hydrazine groups is 1. The SMILES string of the molecule is COC(=O)N1C(=O)C2CC=C3C(CC4C(=O)N(Nc5ccc(Cl)cc5Cl)C(=O)C4(c4ccc(OC)cc4)C3c3cc(Br)cc(OC)c3O)C2C1=O. The number of anilines is 1. The molecule has 15 heteroatoms. The van der Waals surface area contributed by atoms with Crippen LogP contribution in [0.4, 0.5) is 10.5 Å². The van der Waals surface area contributed by atoms with Gasteiger partial charge in [-0.1, -0.05) is 62.9 Å². The molecule has 2 aliphatic heterocycles. The van der Waals surface area contributed by atoms with E-state index in [1.807, 2.05) is 0 Å². The number of fused-ring (bicyclic) bond motifs is 4. The lowest BCUT2D eigenvalue weighted by molar-refractivity contribution is -0.140. The Morgan fingerprint density at radius 2 is 1.67 bits per heavy atom. The van der Waals surface area contributed by atoms with Crippen LogP contribution in [-0.4, -0.2) is 66.1 Å². The topological polar surface area (TPSA) is 152 Å². The Labute approximate surface area is 310 Å². The third-order valence-corrected chi connectivity index (χ3v) is 11.5. The summed E-state index contributed by atoms with van der Waals surface area (Å²) in [5, 5.41) is 13.2. The molecule has 51 heavy (non-hydrogen) atoms. The van der Waals surface area contributed by atoms with Gasteiger partial charge in [-0.2, -0.15) is 9.91 Å². The van der Waals surface area contributed by atoms with E-state index in [9.17, 15) is 24.3 Å². The van der Waals surface area contributed by atoms with Crippen molar-refractivity contribution in [3.05, 3.63) is 91.9 Å². The standard InChI is InChI=1S/C36H30BrCl2N3O9/c1-49-19-7-4-16(5-8-19)36-24(32(45)42(34(36)47)40-26-11-6-18(38)14-25(26)39)15-22-20(29(36)23-12-17(37)13-27(50-2)30(23)43)9-10-21-28(22)33(46)41(31(21)44)35(48)51-3/h4-9,11-14,21-22,24,28-29,40,43H,10,15H2,1-3H3. The lowest BCUT2D eigenvalue weighted by atomic mass is 9.49. The van der Waals surface area contributed by atoms with Crippen LogP contribution in [0.5, 0.6) is 17.2 Å². The van der Waals surface area contributed by atoms with E-state index in [1.54, 1.807) is 48.5 Å². The number of amides is 5. The second-order valence-corrected chi connectivity index (χ2v) is 14.5. The lowest BCUT2D eigenvalue weighted by Crippen LogP contribution is -2.53. The number of nitrogens with one attached hydrogen (secondary N) is 1. The molecule has 0 spiro atoms. The first-order valence-corrected chi connectivity index (χ1v) is 17.4. The first kappa shape index (κ1) is 34.8. The second-order valence-electron chi connectivity index (χ2n) is 12.7. The largest absolute Gasteiger partial charge is 0.504 e. The number of imide groups is 4. The van der Waals surface area contributed by atoms with Crippen LogP contribution in [-0.2, 0) is 29.3 Å².